The molecule has 0 spiro atoms. The molecule has 1 rings (SSSR count). The Kier molecular flexibility index (Phi) is 4.20. The highest BCUT2D eigenvalue weighted by molar-refractivity contribution is 5.75. The largest absolute Gasteiger partial charge is 0.336 e. The summed E-state index contributed by atoms with van der Waals surface area (Å²) < 4.78 is 0. The summed E-state index contributed by atoms with van der Waals surface area (Å²) >= 11 is 0. The summed E-state index contributed by atoms with van der Waals surface area (Å²) in [6.07, 6.45) is 1.02. The van der Waals surface area contributed by atoms with Gasteiger partial charge in [0.15, 0.2) is 0 Å². The zero-order valence-corrected chi connectivity index (χ0v) is 9.34. The Morgan fingerprint density at radius 3 is 2.57 bits per heavy atom. The minimum absolute atomic E-state index is 0.0772. The Bertz CT molecular complexity index is 190. The zero-order valence-electron chi connectivity index (χ0n) is 9.34. The van der Waals surface area contributed by atoms with E-state index in [1.54, 1.807) is 0 Å². The smallest absolute Gasteiger partial charge is 0.317 e. The Morgan fingerprint density at radius 1 is 1.57 bits per heavy atom. The van der Waals surface area contributed by atoms with Gasteiger partial charge in [-0.2, -0.15) is 0 Å². The molecule has 14 heavy (non-hydrogen) atoms. The number of carbonyl (C=O) groups excluding carboxylic acids is 1. The van der Waals surface area contributed by atoms with Gasteiger partial charge in [0, 0.05) is 25.7 Å². The Labute approximate surface area is 86.0 Å². The fraction of sp³-hybridized carbons (Fsp3) is 0.900. The summed E-state index contributed by atoms with van der Waals surface area (Å²) in [4.78, 5) is 13.7. The molecule has 0 aliphatic carbocycles. The lowest BCUT2D eigenvalue weighted by molar-refractivity contribution is 0.147. The third-order valence-electron chi connectivity index (χ3n) is 2.34. The Hall–Kier alpha value is -0.770. The molecule has 0 atom stereocenters. The molecule has 0 aromatic rings. The summed E-state index contributed by atoms with van der Waals surface area (Å²) in [7, 11) is 0. The van der Waals surface area contributed by atoms with Gasteiger partial charge in [-0.25, -0.2) is 4.79 Å². The molecule has 1 heterocycles. The van der Waals surface area contributed by atoms with Crippen LogP contribution in [0.5, 0.6) is 0 Å². The van der Waals surface area contributed by atoms with E-state index in [0.29, 0.717) is 6.04 Å². The van der Waals surface area contributed by atoms with Crippen LogP contribution in [0.15, 0.2) is 0 Å². The quantitative estimate of drug-likeness (QED) is 0.703. The Balaban J connectivity index is 2.43. The van der Waals surface area contributed by atoms with Gasteiger partial charge in [-0.1, -0.05) is 6.92 Å². The molecule has 4 nitrogen and oxygen atoms in total. The lowest BCUT2D eigenvalue weighted by atomic mass is 10.1. The first-order chi connectivity index (χ1) is 6.65. The van der Waals surface area contributed by atoms with Crippen LogP contribution >= 0.6 is 0 Å². The third-order valence-corrected chi connectivity index (χ3v) is 2.34. The van der Waals surface area contributed by atoms with Gasteiger partial charge in [-0.15, -0.1) is 0 Å². The number of nitrogens with zero attached hydrogens (tertiary/aromatic N) is 1. The average Bonchev–Trinajstić information content (AvgIpc) is 1.98. The number of nitrogens with one attached hydrogen (secondary N) is 2. The normalized spacial score (nSPS) is 16.6. The molecule has 1 saturated heterocycles. The van der Waals surface area contributed by atoms with E-state index < -0.39 is 0 Å². The van der Waals surface area contributed by atoms with Gasteiger partial charge >= 0.3 is 6.03 Å². The van der Waals surface area contributed by atoms with E-state index in [1.807, 2.05) is 18.7 Å². The van der Waals surface area contributed by atoms with E-state index in [2.05, 4.69) is 17.6 Å². The van der Waals surface area contributed by atoms with Crippen molar-refractivity contribution in [1.29, 1.82) is 0 Å². The van der Waals surface area contributed by atoms with Gasteiger partial charge in [0.2, 0.25) is 0 Å². The predicted molar refractivity (Wildman–Crippen MR) is 57.3 cm³/mol. The fourth-order valence-electron chi connectivity index (χ4n) is 1.51. The molecule has 2 N–H and O–H groups in total. The third kappa shape index (κ3) is 2.87. The van der Waals surface area contributed by atoms with Gasteiger partial charge in [0.1, 0.15) is 0 Å². The van der Waals surface area contributed by atoms with Crippen LogP contribution in [0.25, 0.3) is 0 Å². The summed E-state index contributed by atoms with van der Waals surface area (Å²) in [6.45, 7) is 8.80. The maximum Gasteiger partial charge on any atom is 0.317 e. The topological polar surface area (TPSA) is 44.4 Å². The van der Waals surface area contributed by atoms with Crippen LogP contribution in [-0.2, 0) is 0 Å². The highest BCUT2D eigenvalue weighted by Crippen LogP contribution is 2.06. The number of hydrogen-bond acceptors (Lipinski definition) is 2. The van der Waals surface area contributed by atoms with E-state index in [1.165, 1.54) is 0 Å². The number of carbonyl (C=O) groups is 1. The van der Waals surface area contributed by atoms with Gasteiger partial charge in [0.05, 0.1) is 6.04 Å². The molecule has 0 bridgehead atoms. The first kappa shape index (κ1) is 11.3. The van der Waals surface area contributed by atoms with Crippen molar-refractivity contribution in [3.8, 4) is 0 Å². The van der Waals surface area contributed by atoms with E-state index in [0.717, 1.165) is 26.1 Å². The van der Waals surface area contributed by atoms with E-state index >= 15 is 0 Å². The van der Waals surface area contributed by atoms with Gasteiger partial charge < -0.3 is 15.5 Å². The molecule has 0 aromatic carbocycles. The molecule has 0 saturated carbocycles. The molecule has 2 amide bonds. The predicted octanol–water partition coefficient (Wildman–Crippen LogP) is 0.788. The van der Waals surface area contributed by atoms with Crippen LogP contribution in [0.1, 0.15) is 27.2 Å². The van der Waals surface area contributed by atoms with Crippen molar-refractivity contribution in [2.45, 2.75) is 39.3 Å². The van der Waals surface area contributed by atoms with E-state index in [9.17, 15) is 4.79 Å². The lowest BCUT2D eigenvalue weighted by Crippen LogP contribution is -2.61. The maximum atomic E-state index is 11.8. The van der Waals surface area contributed by atoms with Crippen LogP contribution in [0.4, 0.5) is 4.79 Å². The fourth-order valence-corrected chi connectivity index (χ4v) is 1.51. The number of hydrogen-bond donors (Lipinski definition) is 2. The highest BCUT2D eigenvalue weighted by atomic mass is 16.2. The van der Waals surface area contributed by atoms with Gasteiger partial charge in [-0.05, 0) is 20.3 Å². The van der Waals surface area contributed by atoms with Crippen molar-refractivity contribution in [3.63, 3.8) is 0 Å². The molecule has 0 radical (unpaired) electrons. The summed E-state index contributed by atoms with van der Waals surface area (Å²) in [5.41, 5.74) is 0. The number of amides is 2. The van der Waals surface area contributed by atoms with Crippen LogP contribution in [0, 0.1) is 0 Å². The second-order valence-corrected chi connectivity index (χ2v) is 4.11. The first-order valence-electron chi connectivity index (χ1n) is 5.43. The Morgan fingerprint density at radius 2 is 2.21 bits per heavy atom. The van der Waals surface area contributed by atoms with Gasteiger partial charge in [-0.3, -0.25) is 0 Å². The second-order valence-electron chi connectivity index (χ2n) is 4.11. The highest BCUT2D eigenvalue weighted by Gasteiger charge is 2.27. The van der Waals surface area contributed by atoms with Crippen LogP contribution < -0.4 is 10.6 Å². The molecular weight excluding hydrogens is 178 g/mol. The molecule has 1 fully saturated rings. The number of rotatable bonds is 4. The molecule has 4 heteroatoms. The van der Waals surface area contributed by atoms with Crippen molar-refractivity contribution in [2.24, 2.45) is 0 Å². The van der Waals surface area contributed by atoms with Crippen molar-refractivity contribution in [3.05, 3.63) is 0 Å². The van der Waals surface area contributed by atoms with Crippen molar-refractivity contribution in [2.75, 3.05) is 19.6 Å². The van der Waals surface area contributed by atoms with Crippen molar-refractivity contribution in [1.82, 2.24) is 15.5 Å². The van der Waals surface area contributed by atoms with Crippen LogP contribution in [0.3, 0.4) is 0 Å². The minimum atomic E-state index is 0.0772. The van der Waals surface area contributed by atoms with Crippen LogP contribution in [0.2, 0.25) is 0 Å². The maximum absolute atomic E-state index is 11.8. The zero-order chi connectivity index (χ0) is 10.6. The molecular formula is C10H21N3O. The van der Waals surface area contributed by atoms with Crippen LogP contribution in [-0.4, -0.2) is 42.6 Å². The molecule has 82 valence electrons. The summed E-state index contributed by atoms with van der Waals surface area (Å²) in [5, 5.41) is 6.12. The summed E-state index contributed by atoms with van der Waals surface area (Å²) in [5.74, 6) is 0. The van der Waals surface area contributed by atoms with Crippen molar-refractivity contribution < 1.29 is 4.79 Å². The molecule has 0 unspecified atom stereocenters. The van der Waals surface area contributed by atoms with E-state index in [4.69, 9.17) is 0 Å². The standard InChI is InChI=1S/C10H21N3O/c1-4-5-13(9-6-11-7-9)10(14)12-8(2)3/h8-9,11H,4-7H2,1-3H3,(H,12,14). The molecule has 1 aliphatic rings. The van der Waals surface area contributed by atoms with Crippen molar-refractivity contribution >= 4 is 6.03 Å². The summed E-state index contributed by atoms with van der Waals surface area (Å²) in [6, 6.07) is 0.692. The monoisotopic (exact) mass is 199 g/mol. The molecule has 0 aromatic heterocycles. The molecule has 1 aliphatic heterocycles. The average molecular weight is 199 g/mol. The minimum Gasteiger partial charge on any atom is -0.336 e. The van der Waals surface area contributed by atoms with E-state index in [-0.39, 0.29) is 12.1 Å². The first-order valence-corrected chi connectivity index (χ1v) is 5.43. The van der Waals surface area contributed by atoms with Gasteiger partial charge in [0.25, 0.3) is 0 Å². The number of urea groups is 1. The SMILES string of the molecule is CCCN(C(=O)NC(C)C)C1CNC1. The lowest BCUT2D eigenvalue weighted by Gasteiger charge is -2.38. The second kappa shape index (κ2) is 5.20.